The number of thiophene rings is 1. The number of carbonyl (C=O) groups excluding carboxylic acids is 3. The molecule has 0 aliphatic heterocycles. The van der Waals surface area contributed by atoms with Crippen molar-refractivity contribution < 1.29 is 23.9 Å². The minimum atomic E-state index is -0.896. The second-order valence-corrected chi connectivity index (χ2v) is 6.71. The number of hydrogen-bond acceptors (Lipinski definition) is 9. The minimum Gasteiger partial charge on any atom is -0.467 e. The lowest BCUT2D eigenvalue weighted by Gasteiger charge is -2.16. The molecule has 1 amide bonds. The molecular formula is C18H17N5O5S. The number of amides is 1. The molecule has 0 saturated heterocycles. The Hall–Kier alpha value is -3.60. The Morgan fingerprint density at radius 1 is 1.21 bits per heavy atom. The highest BCUT2D eigenvalue weighted by Gasteiger charge is 2.23. The van der Waals surface area contributed by atoms with Gasteiger partial charge in [-0.05, 0) is 27.4 Å². The Bertz CT molecular complexity index is 974. The summed E-state index contributed by atoms with van der Waals surface area (Å²) in [5.41, 5.74) is 1.30. The SMILES string of the molecule is COC(=O)C(Cc1ccccc1)NC(=O)COC(=O)c1sccc1-n1cnnn1. The molecule has 150 valence electrons. The van der Waals surface area contributed by atoms with Crippen molar-refractivity contribution in [1.29, 1.82) is 0 Å². The molecule has 0 aliphatic rings. The Morgan fingerprint density at radius 2 is 2.00 bits per heavy atom. The number of aromatic nitrogens is 4. The lowest BCUT2D eigenvalue weighted by molar-refractivity contribution is -0.145. The fourth-order valence-electron chi connectivity index (χ4n) is 2.53. The number of rotatable bonds is 8. The first-order chi connectivity index (χ1) is 14.1. The van der Waals surface area contributed by atoms with E-state index in [0.29, 0.717) is 5.69 Å². The second-order valence-electron chi connectivity index (χ2n) is 5.80. The topological polar surface area (TPSA) is 125 Å². The number of methoxy groups -OCH3 is 1. The molecule has 2 aromatic heterocycles. The molecule has 0 fully saturated rings. The number of benzene rings is 1. The molecule has 0 aliphatic carbocycles. The third-order valence-corrected chi connectivity index (χ3v) is 4.75. The zero-order valence-corrected chi connectivity index (χ0v) is 16.2. The van der Waals surface area contributed by atoms with Crippen molar-refractivity contribution in [3.05, 3.63) is 58.5 Å². The van der Waals surface area contributed by atoms with Crippen LogP contribution in [-0.2, 0) is 25.5 Å². The van der Waals surface area contributed by atoms with E-state index in [9.17, 15) is 14.4 Å². The summed E-state index contributed by atoms with van der Waals surface area (Å²) in [6, 6.07) is 9.94. The van der Waals surface area contributed by atoms with Gasteiger partial charge in [0.1, 0.15) is 17.2 Å². The smallest absolute Gasteiger partial charge is 0.351 e. The van der Waals surface area contributed by atoms with Crippen molar-refractivity contribution >= 4 is 29.2 Å². The monoisotopic (exact) mass is 415 g/mol. The molecule has 1 unspecified atom stereocenters. The molecule has 3 rings (SSSR count). The third kappa shape index (κ3) is 5.23. The van der Waals surface area contributed by atoms with E-state index < -0.39 is 30.5 Å². The molecule has 3 aromatic rings. The number of ether oxygens (including phenoxy) is 2. The Labute approximate surface area is 169 Å². The first-order valence-corrected chi connectivity index (χ1v) is 9.35. The van der Waals surface area contributed by atoms with Crippen molar-refractivity contribution in [2.24, 2.45) is 0 Å². The van der Waals surface area contributed by atoms with Gasteiger partial charge in [0.25, 0.3) is 5.91 Å². The van der Waals surface area contributed by atoms with E-state index in [1.165, 1.54) is 18.1 Å². The van der Waals surface area contributed by atoms with Crippen LogP contribution in [0.2, 0.25) is 0 Å². The number of tetrazole rings is 1. The van der Waals surface area contributed by atoms with Gasteiger partial charge in [0, 0.05) is 6.42 Å². The molecule has 0 bridgehead atoms. The van der Waals surface area contributed by atoms with Crippen molar-refractivity contribution in [2.75, 3.05) is 13.7 Å². The molecule has 0 spiro atoms. The van der Waals surface area contributed by atoms with Crippen LogP contribution in [-0.4, -0.2) is 57.8 Å². The fraction of sp³-hybridized carbons (Fsp3) is 0.222. The van der Waals surface area contributed by atoms with Gasteiger partial charge in [0.05, 0.1) is 12.8 Å². The number of nitrogens with one attached hydrogen (secondary N) is 1. The summed E-state index contributed by atoms with van der Waals surface area (Å²) in [7, 11) is 1.24. The number of carbonyl (C=O) groups is 3. The Kier molecular flexibility index (Phi) is 6.63. The maximum Gasteiger partial charge on any atom is 0.351 e. The van der Waals surface area contributed by atoms with Crippen LogP contribution in [0.1, 0.15) is 15.2 Å². The van der Waals surface area contributed by atoms with E-state index in [2.05, 4.69) is 20.8 Å². The molecule has 0 saturated carbocycles. The normalized spacial score (nSPS) is 11.5. The van der Waals surface area contributed by atoms with E-state index in [0.717, 1.165) is 16.9 Å². The van der Waals surface area contributed by atoms with Gasteiger partial charge < -0.3 is 14.8 Å². The highest BCUT2D eigenvalue weighted by molar-refractivity contribution is 7.12. The molecule has 2 heterocycles. The molecule has 11 heteroatoms. The van der Waals surface area contributed by atoms with Gasteiger partial charge in [-0.25, -0.2) is 9.59 Å². The predicted molar refractivity (Wildman–Crippen MR) is 101 cm³/mol. The van der Waals surface area contributed by atoms with E-state index in [-0.39, 0.29) is 11.3 Å². The van der Waals surface area contributed by atoms with Gasteiger partial charge in [0.15, 0.2) is 6.61 Å². The van der Waals surface area contributed by atoms with Gasteiger partial charge in [-0.2, -0.15) is 4.68 Å². The Morgan fingerprint density at radius 3 is 2.69 bits per heavy atom. The van der Waals surface area contributed by atoms with Crippen LogP contribution in [0.3, 0.4) is 0 Å². The van der Waals surface area contributed by atoms with Gasteiger partial charge in [-0.3, -0.25) is 4.79 Å². The number of hydrogen-bond donors (Lipinski definition) is 1. The van der Waals surface area contributed by atoms with Gasteiger partial charge in [-0.1, -0.05) is 30.3 Å². The lowest BCUT2D eigenvalue weighted by atomic mass is 10.1. The zero-order chi connectivity index (χ0) is 20.6. The standard InChI is InChI=1S/C18H17N5O5S/c1-27-17(25)13(9-12-5-3-2-4-6-12)20-15(24)10-28-18(26)16-14(7-8-29-16)23-11-19-21-22-23/h2-8,11,13H,9-10H2,1H3,(H,20,24). The van der Waals surface area contributed by atoms with Gasteiger partial charge in [-0.15, -0.1) is 16.4 Å². The highest BCUT2D eigenvalue weighted by atomic mass is 32.1. The molecular weight excluding hydrogens is 398 g/mol. The lowest BCUT2D eigenvalue weighted by Crippen LogP contribution is -2.44. The quantitative estimate of drug-likeness (QED) is 0.535. The molecule has 0 radical (unpaired) electrons. The van der Waals surface area contributed by atoms with Crippen LogP contribution in [0, 0.1) is 0 Å². The van der Waals surface area contributed by atoms with Crippen LogP contribution in [0.15, 0.2) is 48.1 Å². The van der Waals surface area contributed by atoms with E-state index in [1.54, 1.807) is 11.4 Å². The minimum absolute atomic E-state index is 0.249. The maximum atomic E-state index is 12.3. The van der Waals surface area contributed by atoms with E-state index in [1.807, 2.05) is 30.3 Å². The molecule has 1 N–H and O–H groups in total. The van der Waals surface area contributed by atoms with Crippen LogP contribution in [0.25, 0.3) is 5.69 Å². The first-order valence-electron chi connectivity index (χ1n) is 8.47. The highest BCUT2D eigenvalue weighted by Crippen LogP contribution is 2.20. The third-order valence-electron chi connectivity index (χ3n) is 3.86. The first kappa shape index (κ1) is 20.1. The summed E-state index contributed by atoms with van der Waals surface area (Å²) >= 11 is 1.14. The fourth-order valence-corrected chi connectivity index (χ4v) is 3.30. The van der Waals surface area contributed by atoms with Gasteiger partial charge in [0.2, 0.25) is 0 Å². The summed E-state index contributed by atoms with van der Waals surface area (Å²) in [5.74, 6) is -1.91. The summed E-state index contributed by atoms with van der Waals surface area (Å²) in [6.07, 6.45) is 1.59. The number of nitrogens with zero attached hydrogens (tertiary/aromatic N) is 4. The molecule has 10 nitrogen and oxygen atoms in total. The number of esters is 2. The predicted octanol–water partition coefficient (Wildman–Crippen LogP) is 0.781. The van der Waals surface area contributed by atoms with Crippen LogP contribution < -0.4 is 5.32 Å². The van der Waals surface area contributed by atoms with E-state index in [4.69, 9.17) is 9.47 Å². The Balaban J connectivity index is 1.59. The maximum absolute atomic E-state index is 12.3. The molecule has 1 atom stereocenters. The van der Waals surface area contributed by atoms with E-state index >= 15 is 0 Å². The van der Waals surface area contributed by atoms with Crippen molar-refractivity contribution in [2.45, 2.75) is 12.5 Å². The summed E-state index contributed by atoms with van der Waals surface area (Å²) < 4.78 is 11.1. The zero-order valence-electron chi connectivity index (χ0n) is 15.3. The van der Waals surface area contributed by atoms with Crippen molar-refractivity contribution in [3.8, 4) is 5.69 Å². The average Bonchev–Trinajstić information content (AvgIpc) is 3.43. The summed E-state index contributed by atoms with van der Waals surface area (Å²) in [5, 5.41) is 15.0. The van der Waals surface area contributed by atoms with Gasteiger partial charge >= 0.3 is 11.9 Å². The van der Waals surface area contributed by atoms with Crippen LogP contribution in [0.5, 0.6) is 0 Å². The summed E-state index contributed by atoms with van der Waals surface area (Å²) in [4.78, 5) is 36.8. The molecule has 29 heavy (non-hydrogen) atoms. The average molecular weight is 415 g/mol. The van der Waals surface area contributed by atoms with Crippen molar-refractivity contribution in [3.63, 3.8) is 0 Å². The van der Waals surface area contributed by atoms with Crippen LogP contribution in [0.4, 0.5) is 0 Å². The largest absolute Gasteiger partial charge is 0.467 e. The van der Waals surface area contributed by atoms with Crippen LogP contribution >= 0.6 is 11.3 Å². The second kappa shape index (κ2) is 9.55. The summed E-state index contributed by atoms with van der Waals surface area (Å²) in [6.45, 7) is -0.548. The molecule has 1 aromatic carbocycles. The van der Waals surface area contributed by atoms with Crippen molar-refractivity contribution in [1.82, 2.24) is 25.5 Å².